The van der Waals surface area contributed by atoms with Crippen molar-refractivity contribution >= 4 is 5.78 Å². The summed E-state index contributed by atoms with van der Waals surface area (Å²) in [5, 5.41) is 0. The molecular weight excluding hydrogens is 174 g/mol. The minimum Gasteiger partial charge on any atom is -0.359 e. The number of ketones is 1. The molecule has 1 rings (SSSR count). The van der Waals surface area contributed by atoms with Crippen LogP contribution in [0, 0.1) is 5.92 Å². The summed E-state index contributed by atoms with van der Waals surface area (Å²) >= 11 is 0. The largest absolute Gasteiger partial charge is 0.359 e. The van der Waals surface area contributed by atoms with Gasteiger partial charge in [0, 0.05) is 12.6 Å². The molecule has 2 heteroatoms. The summed E-state index contributed by atoms with van der Waals surface area (Å²) in [5.74, 6) is 1.12. The quantitative estimate of drug-likeness (QED) is 0.731. The van der Waals surface area contributed by atoms with Gasteiger partial charge in [0.15, 0.2) is 5.78 Å². The molecule has 1 aromatic heterocycles. The number of hydrogen-bond donors (Lipinski definition) is 1. The molecular formula is C12H19NO. The molecule has 2 nitrogen and oxygen atoms in total. The molecule has 0 saturated carbocycles. The van der Waals surface area contributed by atoms with E-state index in [4.69, 9.17) is 0 Å². The Hall–Kier alpha value is -1.05. The van der Waals surface area contributed by atoms with Crippen molar-refractivity contribution in [3.63, 3.8) is 0 Å². The van der Waals surface area contributed by atoms with Crippen molar-refractivity contribution in [3.05, 3.63) is 23.5 Å². The first-order valence-electron chi connectivity index (χ1n) is 5.22. The summed E-state index contributed by atoms with van der Waals surface area (Å²) in [7, 11) is 0. The molecule has 0 saturated heterocycles. The Morgan fingerprint density at radius 3 is 2.43 bits per heavy atom. The molecule has 78 valence electrons. The smallest absolute Gasteiger partial charge is 0.179 e. The lowest BCUT2D eigenvalue weighted by atomic mass is 10.0. The maximum atomic E-state index is 11.7. The van der Waals surface area contributed by atoms with Crippen molar-refractivity contribution in [3.8, 4) is 0 Å². The van der Waals surface area contributed by atoms with E-state index in [0.717, 1.165) is 5.69 Å². The van der Waals surface area contributed by atoms with Crippen LogP contribution in [-0.4, -0.2) is 10.8 Å². The second-order valence-corrected chi connectivity index (χ2v) is 4.52. The molecule has 0 amide bonds. The molecule has 1 N–H and O–H groups in total. The van der Waals surface area contributed by atoms with Crippen molar-refractivity contribution in [2.24, 2.45) is 5.92 Å². The standard InChI is InChI=1S/C12H19NO/c1-8(2)5-12(14)11-6-10(7-13-11)9(3)4/h6-9,13H,5H2,1-4H3. The lowest BCUT2D eigenvalue weighted by Gasteiger charge is -2.01. The number of Topliss-reactive ketones (excluding diaryl/α,β-unsaturated/α-hetero) is 1. The Balaban J connectivity index is 2.71. The van der Waals surface area contributed by atoms with Gasteiger partial charge in [-0.1, -0.05) is 27.7 Å². The molecule has 0 aliphatic heterocycles. The molecule has 0 atom stereocenters. The molecule has 0 spiro atoms. The second kappa shape index (κ2) is 4.45. The first kappa shape index (κ1) is 11.0. The first-order chi connectivity index (χ1) is 6.50. The first-order valence-corrected chi connectivity index (χ1v) is 5.22. The second-order valence-electron chi connectivity index (χ2n) is 4.52. The van der Waals surface area contributed by atoms with E-state index in [0.29, 0.717) is 18.3 Å². The van der Waals surface area contributed by atoms with Crippen LogP contribution in [0.2, 0.25) is 0 Å². The fraction of sp³-hybridized carbons (Fsp3) is 0.583. The van der Waals surface area contributed by atoms with E-state index < -0.39 is 0 Å². The van der Waals surface area contributed by atoms with Crippen LogP contribution in [0.3, 0.4) is 0 Å². The van der Waals surface area contributed by atoms with Gasteiger partial charge in [-0.25, -0.2) is 0 Å². The summed E-state index contributed by atoms with van der Waals surface area (Å²) in [6.45, 7) is 8.37. The van der Waals surface area contributed by atoms with Gasteiger partial charge in [-0.15, -0.1) is 0 Å². The number of aromatic nitrogens is 1. The van der Waals surface area contributed by atoms with Gasteiger partial charge in [0.1, 0.15) is 0 Å². The van der Waals surface area contributed by atoms with Crippen molar-refractivity contribution in [2.75, 3.05) is 0 Å². The predicted octanol–water partition coefficient (Wildman–Crippen LogP) is 3.37. The molecule has 1 aromatic rings. The van der Waals surface area contributed by atoms with E-state index >= 15 is 0 Å². The molecule has 0 radical (unpaired) electrons. The number of nitrogens with one attached hydrogen (secondary N) is 1. The Morgan fingerprint density at radius 2 is 2.00 bits per heavy atom. The van der Waals surface area contributed by atoms with Crippen LogP contribution in [0.4, 0.5) is 0 Å². The Bertz CT molecular complexity index is 310. The molecule has 0 unspecified atom stereocenters. The minimum absolute atomic E-state index is 0.215. The lowest BCUT2D eigenvalue weighted by molar-refractivity contribution is 0.0963. The highest BCUT2D eigenvalue weighted by molar-refractivity contribution is 5.94. The zero-order valence-corrected chi connectivity index (χ0v) is 9.42. The van der Waals surface area contributed by atoms with Crippen LogP contribution < -0.4 is 0 Å². The average molecular weight is 193 g/mol. The van der Waals surface area contributed by atoms with Gasteiger partial charge in [-0.3, -0.25) is 4.79 Å². The van der Waals surface area contributed by atoms with Crippen molar-refractivity contribution in [1.82, 2.24) is 4.98 Å². The van der Waals surface area contributed by atoms with Crippen LogP contribution in [0.1, 0.15) is 56.1 Å². The van der Waals surface area contributed by atoms with E-state index in [1.807, 2.05) is 12.3 Å². The zero-order valence-electron chi connectivity index (χ0n) is 9.42. The van der Waals surface area contributed by atoms with Crippen LogP contribution in [0.5, 0.6) is 0 Å². The van der Waals surface area contributed by atoms with Crippen LogP contribution >= 0.6 is 0 Å². The topological polar surface area (TPSA) is 32.9 Å². The van der Waals surface area contributed by atoms with Crippen LogP contribution in [0.15, 0.2) is 12.3 Å². The third-order valence-electron chi connectivity index (χ3n) is 2.27. The molecule has 0 aliphatic carbocycles. The monoisotopic (exact) mass is 193 g/mol. The van der Waals surface area contributed by atoms with Gasteiger partial charge >= 0.3 is 0 Å². The zero-order chi connectivity index (χ0) is 10.7. The highest BCUT2D eigenvalue weighted by atomic mass is 16.1. The lowest BCUT2D eigenvalue weighted by Crippen LogP contribution is -2.03. The summed E-state index contributed by atoms with van der Waals surface area (Å²) in [6, 6.07) is 1.97. The number of carbonyl (C=O) groups is 1. The van der Waals surface area contributed by atoms with Crippen LogP contribution in [0.25, 0.3) is 0 Å². The highest BCUT2D eigenvalue weighted by Crippen LogP contribution is 2.16. The maximum absolute atomic E-state index is 11.7. The third kappa shape index (κ3) is 2.72. The number of H-pyrrole nitrogens is 1. The molecule has 14 heavy (non-hydrogen) atoms. The van der Waals surface area contributed by atoms with Gasteiger partial charge < -0.3 is 4.98 Å². The van der Waals surface area contributed by atoms with E-state index in [1.165, 1.54) is 5.56 Å². The van der Waals surface area contributed by atoms with Crippen molar-refractivity contribution < 1.29 is 4.79 Å². The normalized spacial score (nSPS) is 11.3. The van der Waals surface area contributed by atoms with Gasteiger partial charge in [0.05, 0.1) is 5.69 Å². The van der Waals surface area contributed by atoms with Crippen molar-refractivity contribution in [2.45, 2.75) is 40.0 Å². The van der Waals surface area contributed by atoms with Gasteiger partial charge in [0.2, 0.25) is 0 Å². The summed E-state index contributed by atoms with van der Waals surface area (Å²) in [5.41, 5.74) is 1.96. The van der Waals surface area contributed by atoms with Crippen molar-refractivity contribution in [1.29, 1.82) is 0 Å². The summed E-state index contributed by atoms with van der Waals surface area (Å²) in [6.07, 6.45) is 2.55. The number of rotatable bonds is 4. The maximum Gasteiger partial charge on any atom is 0.179 e. The van der Waals surface area contributed by atoms with Gasteiger partial charge in [0.25, 0.3) is 0 Å². The van der Waals surface area contributed by atoms with Crippen LogP contribution in [-0.2, 0) is 0 Å². The minimum atomic E-state index is 0.215. The Kier molecular flexibility index (Phi) is 3.50. The summed E-state index contributed by atoms with van der Waals surface area (Å²) in [4.78, 5) is 14.7. The summed E-state index contributed by atoms with van der Waals surface area (Å²) < 4.78 is 0. The Labute approximate surface area is 85.7 Å². The van der Waals surface area contributed by atoms with E-state index in [-0.39, 0.29) is 5.78 Å². The van der Waals surface area contributed by atoms with Gasteiger partial charge in [-0.05, 0) is 23.5 Å². The molecule has 0 aliphatic rings. The highest BCUT2D eigenvalue weighted by Gasteiger charge is 2.11. The molecule has 0 aromatic carbocycles. The third-order valence-corrected chi connectivity index (χ3v) is 2.27. The number of aromatic amines is 1. The molecule has 1 heterocycles. The number of carbonyl (C=O) groups excluding carboxylic acids is 1. The van der Waals surface area contributed by atoms with Gasteiger partial charge in [-0.2, -0.15) is 0 Å². The predicted molar refractivity (Wildman–Crippen MR) is 58.7 cm³/mol. The number of hydrogen-bond acceptors (Lipinski definition) is 1. The van der Waals surface area contributed by atoms with E-state index in [9.17, 15) is 4.79 Å². The fourth-order valence-corrected chi connectivity index (χ4v) is 1.39. The van der Waals surface area contributed by atoms with E-state index in [1.54, 1.807) is 0 Å². The van der Waals surface area contributed by atoms with E-state index in [2.05, 4.69) is 32.7 Å². The molecule has 0 bridgehead atoms. The average Bonchev–Trinajstić information content (AvgIpc) is 2.50. The molecule has 0 fully saturated rings. The Morgan fingerprint density at radius 1 is 1.36 bits per heavy atom. The fourth-order valence-electron chi connectivity index (χ4n) is 1.39. The SMILES string of the molecule is CC(C)CC(=O)c1cc(C(C)C)c[nH]1.